The summed E-state index contributed by atoms with van der Waals surface area (Å²) in [5, 5.41) is 11.6. The second-order valence-corrected chi connectivity index (χ2v) is 5.68. The standard InChI is InChI=1S/C12H15N3OS/c1-8-2-5-10(17-8)12-15-14-11(16-12)6-7-13-9-3-4-9/h2,5,9,13H,3-4,6-7H2,1H3. The summed E-state index contributed by atoms with van der Waals surface area (Å²) in [7, 11) is 0. The van der Waals surface area contributed by atoms with Crippen molar-refractivity contribution in [3.63, 3.8) is 0 Å². The summed E-state index contributed by atoms with van der Waals surface area (Å²) in [6.07, 6.45) is 3.43. The molecule has 17 heavy (non-hydrogen) atoms. The minimum Gasteiger partial charge on any atom is -0.420 e. The Labute approximate surface area is 104 Å². The van der Waals surface area contributed by atoms with Gasteiger partial charge in [-0.1, -0.05) is 0 Å². The summed E-state index contributed by atoms with van der Waals surface area (Å²) in [5.41, 5.74) is 0. The number of nitrogens with one attached hydrogen (secondary N) is 1. The highest BCUT2D eigenvalue weighted by Crippen LogP contribution is 2.26. The number of aromatic nitrogens is 2. The highest BCUT2D eigenvalue weighted by Gasteiger charge is 2.20. The van der Waals surface area contributed by atoms with Crippen LogP contribution in [0.1, 0.15) is 23.6 Å². The summed E-state index contributed by atoms with van der Waals surface area (Å²) >= 11 is 1.68. The maximum absolute atomic E-state index is 5.63. The minimum absolute atomic E-state index is 0.643. The van der Waals surface area contributed by atoms with Gasteiger partial charge < -0.3 is 9.73 Å². The van der Waals surface area contributed by atoms with Crippen LogP contribution in [0.5, 0.6) is 0 Å². The lowest BCUT2D eigenvalue weighted by atomic mass is 10.4. The Hall–Kier alpha value is -1.20. The molecule has 0 radical (unpaired) electrons. The quantitative estimate of drug-likeness (QED) is 0.884. The molecule has 2 aromatic rings. The Morgan fingerprint density at radius 1 is 1.41 bits per heavy atom. The summed E-state index contributed by atoms with van der Waals surface area (Å²) < 4.78 is 5.63. The lowest BCUT2D eigenvalue weighted by Gasteiger charge is -1.97. The van der Waals surface area contributed by atoms with Gasteiger partial charge in [-0.3, -0.25) is 0 Å². The van der Waals surface area contributed by atoms with E-state index in [4.69, 9.17) is 4.42 Å². The van der Waals surface area contributed by atoms with Crippen LogP contribution >= 0.6 is 11.3 Å². The van der Waals surface area contributed by atoms with Crippen molar-refractivity contribution in [3.8, 4) is 10.8 Å². The van der Waals surface area contributed by atoms with Gasteiger partial charge in [-0.25, -0.2) is 0 Å². The molecule has 0 bridgehead atoms. The van der Waals surface area contributed by atoms with Crippen molar-refractivity contribution in [2.24, 2.45) is 0 Å². The third-order valence-electron chi connectivity index (χ3n) is 2.77. The Kier molecular flexibility index (Phi) is 2.94. The molecule has 0 aromatic carbocycles. The molecular formula is C12H15N3OS. The van der Waals surface area contributed by atoms with Crippen LogP contribution in [-0.2, 0) is 6.42 Å². The number of thiophene rings is 1. The molecule has 1 fully saturated rings. The molecule has 1 aliphatic carbocycles. The van der Waals surface area contributed by atoms with Crippen molar-refractivity contribution in [1.29, 1.82) is 0 Å². The van der Waals surface area contributed by atoms with Gasteiger partial charge in [-0.2, -0.15) is 0 Å². The average molecular weight is 249 g/mol. The molecule has 0 spiro atoms. The van der Waals surface area contributed by atoms with Crippen LogP contribution in [-0.4, -0.2) is 22.8 Å². The van der Waals surface area contributed by atoms with E-state index >= 15 is 0 Å². The second kappa shape index (κ2) is 4.58. The van der Waals surface area contributed by atoms with E-state index in [2.05, 4.69) is 28.5 Å². The van der Waals surface area contributed by atoms with Crippen molar-refractivity contribution in [1.82, 2.24) is 15.5 Å². The van der Waals surface area contributed by atoms with E-state index in [0.29, 0.717) is 5.89 Å². The van der Waals surface area contributed by atoms with E-state index < -0.39 is 0 Å². The minimum atomic E-state index is 0.643. The highest BCUT2D eigenvalue weighted by molar-refractivity contribution is 7.15. The lowest BCUT2D eigenvalue weighted by Crippen LogP contribution is -2.19. The molecule has 2 aromatic heterocycles. The van der Waals surface area contributed by atoms with Gasteiger partial charge in [0.1, 0.15) is 0 Å². The van der Waals surface area contributed by atoms with Gasteiger partial charge in [-0.15, -0.1) is 21.5 Å². The normalized spacial score (nSPS) is 15.4. The fraction of sp³-hybridized carbons (Fsp3) is 0.500. The van der Waals surface area contributed by atoms with E-state index in [1.807, 2.05) is 6.07 Å². The molecule has 1 saturated carbocycles. The number of nitrogens with zero attached hydrogens (tertiary/aromatic N) is 2. The van der Waals surface area contributed by atoms with Crippen LogP contribution in [0.2, 0.25) is 0 Å². The van der Waals surface area contributed by atoms with Crippen LogP contribution in [0.4, 0.5) is 0 Å². The van der Waals surface area contributed by atoms with Crippen molar-refractivity contribution in [3.05, 3.63) is 22.9 Å². The van der Waals surface area contributed by atoms with Crippen LogP contribution in [0.15, 0.2) is 16.5 Å². The van der Waals surface area contributed by atoms with Gasteiger partial charge in [0, 0.05) is 23.9 Å². The molecule has 4 nitrogen and oxygen atoms in total. The molecule has 5 heteroatoms. The monoisotopic (exact) mass is 249 g/mol. The number of rotatable bonds is 5. The molecule has 3 rings (SSSR count). The maximum atomic E-state index is 5.63. The second-order valence-electron chi connectivity index (χ2n) is 4.39. The van der Waals surface area contributed by atoms with Crippen molar-refractivity contribution < 1.29 is 4.42 Å². The first kappa shape index (κ1) is 10.9. The zero-order valence-electron chi connectivity index (χ0n) is 9.77. The van der Waals surface area contributed by atoms with Crippen molar-refractivity contribution >= 4 is 11.3 Å². The van der Waals surface area contributed by atoms with E-state index in [-0.39, 0.29) is 0 Å². The molecule has 2 heterocycles. The Morgan fingerprint density at radius 3 is 3.00 bits per heavy atom. The SMILES string of the molecule is Cc1ccc(-c2nnc(CCNC3CC3)o2)s1. The Morgan fingerprint density at radius 2 is 2.29 bits per heavy atom. The fourth-order valence-corrected chi connectivity index (χ4v) is 2.46. The predicted octanol–water partition coefficient (Wildman–Crippen LogP) is 2.40. The average Bonchev–Trinajstić information content (AvgIpc) is 2.85. The molecule has 1 aliphatic rings. The third-order valence-corrected chi connectivity index (χ3v) is 3.76. The highest BCUT2D eigenvalue weighted by atomic mass is 32.1. The first-order chi connectivity index (χ1) is 8.31. The van der Waals surface area contributed by atoms with Crippen molar-refractivity contribution in [2.75, 3.05) is 6.54 Å². The topological polar surface area (TPSA) is 51.0 Å². The van der Waals surface area contributed by atoms with Crippen LogP contribution in [0, 0.1) is 6.92 Å². The van der Waals surface area contributed by atoms with Gasteiger partial charge in [-0.05, 0) is 31.9 Å². The van der Waals surface area contributed by atoms with Gasteiger partial charge in [0.05, 0.1) is 4.88 Å². The molecular weight excluding hydrogens is 234 g/mol. The molecule has 0 unspecified atom stereocenters. The van der Waals surface area contributed by atoms with Crippen LogP contribution in [0.3, 0.4) is 0 Å². The van der Waals surface area contributed by atoms with Gasteiger partial charge in [0.2, 0.25) is 5.89 Å². The number of aryl methyl sites for hydroxylation is 1. The maximum Gasteiger partial charge on any atom is 0.257 e. The van der Waals surface area contributed by atoms with Crippen LogP contribution < -0.4 is 5.32 Å². The predicted molar refractivity (Wildman–Crippen MR) is 67.1 cm³/mol. The van der Waals surface area contributed by atoms with Gasteiger partial charge >= 0.3 is 0 Å². The van der Waals surface area contributed by atoms with E-state index in [1.165, 1.54) is 17.7 Å². The van der Waals surface area contributed by atoms with Gasteiger partial charge in [0.25, 0.3) is 5.89 Å². The summed E-state index contributed by atoms with van der Waals surface area (Å²) in [5.74, 6) is 1.36. The molecule has 0 amide bonds. The summed E-state index contributed by atoms with van der Waals surface area (Å²) in [4.78, 5) is 2.31. The lowest BCUT2D eigenvalue weighted by molar-refractivity contribution is 0.495. The summed E-state index contributed by atoms with van der Waals surface area (Å²) in [6, 6.07) is 4.83. The zero-order chi connectivity index (χ0) is 11.7. The van der Waals surface area contributed by atoms with E-state index in [9.17, 15) is 0 Å². The Balaban J connectivity index is 1.61. The molecule has 0 aliphatic heterocycles. The number of hydrogen-bond donors (Lipinski definition) is 1. The molecule has 90 valence electrons. The van der Waals surface area contributed by atoms with E-state index in [1.54, 1.807) is 11.3 Å². The van der Waals surface area contributed by atoms with Crippen molar-refractivity contribution in [2.45, 2.75) is 32.2 Å². The Bertz CT molecular complexity index is 501. The van der Waals surface area contributed by atoms with Gasteiger partial charge in [0.15, 0.2) is 0 Å². The van der Waals surface area contributed by atoms with E-state index in [0.717, 1.165) is 29.8 Å². The molecule has 1 N–H and O–H groups in total. The number of hydrogen-bond acceptors (Lipinski definition) is 5. The first-order valence-corrected chi connectivity index (χ1v) is 6.75. The largest absolute Gasteiger partial charge is 0.420 e. The summed E-state index contributed by atoms with van der Waals surface area (Å²) in [6.45, 7) is 3.00. The smallest absolute Gasteiger partial charge is 0.257 e. The fourth-order valence-electron chi connectivity index (χ4n) is 1.67. The molecule has 0 atom stereocenters. The zero-order valence-corrected chi connectivity index (χ0v) is 10.6. The first-order valence-electron chi connectivity index (χ1n) is 5.94. The van der Waals surface area contributed by atoms with Crippen LogP contribution in [0.25, 0.3) is 10.8 Å². The third kappa shape index (κ3) is 2.73. The molecule has 0 saturated heterocycles.